The van der Waals surface area contributed by atoms with Gasteiger partial charge in [0.05, 0.1) is 6.10 Å². The van der Waals surface area contributed by atoms with Crippen molar-refractivity contribution in [3.63, 3.8) is 0 Å². The van der Waals surface area contributed by atoms with Gasteiger partial charge >= 0.3 is 0 Å². The third kappa shape index (κ3) is 2.71. The maximum Gasteiger partial charge on any atom is 0.270 e. The van der Waals surface area contributed by atoms with E-state index in [1.807, 2.05) is 0 Å². The molecule has 0 amide bonds. The Bertz CT molecular complexity index is 568. The van der Waals surface area contributed by atoms with E-state index in [0.29, 0.717) is 12.8 Å². The first kappa shape index (κ1) is 13.9. The number of nitrogens with one attached hydrogen (secondary N) is 1. The van der Waals surface area contributed by atoms with Crippen molar-refractivity contribution in [1.82, 2.24) is 9.55 Å². The lowest BCUT2D eigenvalue weighted by Gasteiger charge is -2.27. The van der Waals surface area contributed by atoms with E-state index in [-0.39, 0.29) is 9.79 Å². The first-order valence-corrected chi connectivity index (χ1v) is 6.04. The molecule has 0 saturated carbocycles. The van der Waals surface area contributed by atoms with Gasteiger partial charge < -0.3 is 9.84 Å². The lowest BCUT2D eigenvalue weighted by Crippen LogP contribution is -2.43. The average Bonchev–Trinajstić information content (AvgIpc) is 2.72. The van der Waals surface area contributed by atoms with Gasteiger partial charge in [0.1, 0.15) is 26.9 Å². The first-order valence-electron chi connectivity index (χ1n) is 5.25. The number of aliphatic hydroxyl groups is 1. The number of aromatic nitrogens is 2. The van der Waals surface area contributed by atoms with Gasteiger partial charge in [0.15, 0.2) is 4.77 Å². The van der Waals surface area contributed by atoms with Crippen LogP contribution in [0.5, 0.6) is 0 Å². The monoisotopic (exact) mass is 282 g/mol. The summed E-state index contributed by atoms with van der Waals surface area (Å²) in [6.45, 7) is 0. The molecule has 1 saturated heterocycles. The van der Waals surface area contributed by atoms with Crippen LogP contribution in [-0.2, 0) is 4.74 Å². The van der Waals surface area contributed by atoms with Crippen LogP contribution in [0, 0.1) is 4.77 Å². The van der Waals surface area contributed by atoms with Crippen LogP contribution in [0.15, 0.2) is 11.0 Å². The number of rotatable bonds is 2. The molecule has 18 heavy (non-hydrogen) atoms. The van der Waals surface area contributed by atoms with Gasteiger partial charge in [-0.2, -0.15) is 0 Å². The molecule has 1 aromatic heterocycles. The molecule has 2 atom stereocenters. The second-order valence-electron chi connectivity index (χ2n) is 4.19. The topological polar surface area (TPSA) is 67.2 Å². The van der Waals surface area contributed by atoms with Gasteiger partial charge in [-0.3, -0.25) is 14.3 Å². The average molecular weight is 282 g/mol. The number of hydrogen-bond donors (Lipinski definition) is 2. The van der Waals surface area contributed by atoms with Crippen molar-refractivity contribution in [2.24, 2.45) is 0 Å². The highest BCUT2D eigenvalue weighted by Gasteiger charge is 2.35. The molecule has 2 rings (SSSR count). The molecule has 5 nitrogen and oxygen atoms in total. The Labute approximate surface area is 116 Å². The Hall–Kier alpha value is -0.560. The van der Waals surface area contributed by atoms with Gasteiger partial charge in [-0.25, -0.2) is 0 Å². The largest absolute Gasteiger partial charge is 0.407 e. The van der Waals surface area contributed by atoms with Gasteiger partial charge in [0, 0.05) is 11.6 Å². The van der Waals surface area contributed by atoms with Gasteiger partial charge in [-0.05, 0) is 25.1 Å². The van der Waals surface area contributed by atoms with Gasteiger partial charge in [-0.15, -0.1) is 0 Å². The third-order valence-corrected chi connectivity index (χ3v) is 3.33. The molecule has 2 N–H and O–H groups in total. The second kappa shape index (κ2) is 4.85. The molecule has 0 spiro atoms. The standard InChI is InChI=1S/C9H9B2ClN2O3S/c10-9(11,16)5-1-2-6(17-5)14-3-4(12)7(15)13-8(14)18/h3,5-6,16H,1-2H2,(H,13,15,18). The molecule has 1 fully saturated rings. The SMILES string of the molecule is [B]C([B])(O)C1CCC(n2cc(Cl)c(=O)[nH]c2=S)O1. The zero-order valence-electron chi connectivity index (χ0n) is 9.30. The molecular weight excluding hydrogens is 273 g/mol. The Morgan fingerprint density at radius 2 is 2.28 bits per heavy atom. The minimum absolute atomic E-state index is 0.00593. The normalized spacial score (nSPS) is 24.3. The highest BCUT2D eigenvalue weighted by Crippen LogP contribution is 2.32. The van der Waals surface area contributed by atoms with Crippen LogP contribution in [0.25, 0.3) is 0 Å². The number of H-pyrrole nitrogens is 1. The van der Waals surface area contributed by atoms with Gasteiger partial charge in [0.25, 0.3) is 5.56 Å². The Morgan fingerprint density at radius 3 is 2.83 bits per heavy atom. The van der Waals surface area contributed by atoms with Crippen LogP contribution in [0.2, 0.25) is 5.02 Å². The summed E-state index contributed by atoms with van der Waals surface area (Å²) in [5.41, 5.74) is -0.457. The summed E-state index contributed by atoms with van der Waals surface area (Å²) in [6, 6.07) is 0. The summed E-state index contributed by atoms with van der Waals surface area (Å²) in [5.74, 6) is 0. The lowest BCUT2D eigenvalue weighted by molar-refractivity contribution is -0.0495. The fraction of sp³-hybridized carbons (Fsp3) is 0.556. The van der Waals surface area contributed by atoms with E-state index in [0.717, 1.165) is 0 Å². The fourth-order valence-electron chi connectivity index (χ4n) is 1.84. The van der Waals surface area contributed by atoms with Gasteiger partial charge in [-0.1, -0.05) is 11.6 Å². The summed E-state index contributed by atoms with van der Waals surface area (Å²) >= 11 is 10.7. The molecule has 1 aliphatic rings. The maximum atomic E-state index is 11.2. The van der Waals surface area contributed by atoms with E-state index < -0.39 is 23.3 Å². The third-order valence-electron chi connectivity index (χ3n) is 2.75. The van der Waals surface area contributed by atoms with Crippen molar-refractivity contribution in [3.8, 4) is 0 Å². The molecule has 2 heterocycles. The zero-order chi connectivity index (χ0) is 13.5. The second-order valence-corrected chi connectivity index (χ2v) is 4.98. The van der Waals surface area contributed by atoms with E-state index in [9.17, 15) is 9.90 Å². The van der Waals surface area contributed by atoms with Crippen LogP contribution in [0.4, 0.5) is 0 Å². The van der Waals surface area contributed by atoms with Crippen LogP contribution >= 0.6 is 23.8 Å². The minimum Gasteiger partial charge on any atom is -0.407 e. The smallest absolute Gasteiger partial charge is 0.270 e. The number of ether oxygens (including phenoxy) is 1. The molecule has 1 aliphatic heterocycles. The van der Waals surface area contributed by atoms with E-state index in [1.165, 1.54) is 10.8 Å². The predicted octanol–water partition coefficient (Wildman–Crippen LogP) is 0.220. The predicted molar refractivity (Wildman–Crippen MR) is 70.5 cm³/mol. The van der Waals surface area contributed by atoms with Crippen molar-refractivity contribution in [1.29, 1.82) is 0 Å². The molecule has 9 heteroatoms. The molecule has 2 unspecified atom stereocenters. The number of hydrogen-bond acceptors (Lipinski definition) is 4. The van der Waals surface area contributed by atoms with E-state index in [2.05, 4.69) is 4.98 Å². The van der Waals surface area contributed by atoms with Crippen LogP contribution in [-0.4, -0.2) is 41.9 Å². The Kier molecular flexibility index (Phi) is 3.73. The van der Waals surface area contributed by atoms with Crippen molar-refractivity contribution in [2.75, 3.05) is 0 Å². The number of halogens is 1. The molecule has 92 valence electrons. The van der Waals surface area contributed by atoms with Crippen molar-refractivity contribution >= 4 is 39.5 Å². The number of nitrogens with zero attached hydrogens (tertiary/aromatic N) is 1. The molecule has 0 aliphatic carbocycles. The molecule has 0 bridgehead atoms. The van der Waals surface area contributed by atoms with Crippen molar-refractivity contribution in [2.45, 2.75) is 30.6 Å². The molecule has 0 aromatic carbocycles. The quantitative estimate of drug-likeness (QED) is 0.601. The minimum atomic E-state index is -1.90. The van der Waals surface area contributed by atoms with Crippen molar-refractivity contribution in [3.05, 3.63) is 26.3 Å². The highest BCUT2D eigenvalue weighted by atomic mass is 35.5. The lowest BCUT2D eigenvalue weighted by atomic mass is 9.61. The zero-order valence-corrected chi connectivity index (χ0v) is 10.9. The van der Waals surface area contributed by atoms with Crippen molar-refractivity contribution < 1.29 is 9.84 Å². The van der Waals surface area contributed by atoms with E-state index in [4.69, 9.17) is 44.2 Å². The summed E-state index contributed by atoms with van der Waals surface area (Å²) in [7, 11) is 10.7. The summed E-state index contributed by atoms with van der Waals surface area (Å²) in [6.07, 6.45) is 1.26. The number of aromatic amines is 1. The highest BCUT2D eigenvalue weighted by molar-refractivity contribution is 7.71. The van der Waals surface area contributed by atoms with E-state index in [1.54, 1.807) is 0 Å². The van der Waals surface area contributed by atoms with Gasteiger partial charge in [0.2, 0.25) is 0 Å². The first-order chi connectivity index (χ1) is 8.29. The maximum absolute atomic E-state index is 11.2. The van der Waals surface area contributed by atoms with Crippen LogP contribution < -0.4 is 5.56 Å². The summed E-state index contributed by atoms with van der Waals surface area (Å²) < 4.78 is 7.20. The molecule has 1 aromatic rings. The van der Waals surface area contributed by atoms with Crippen LogP contribution in [0.1, 0.15) is 19.1 Å². The molecular formula is C9H9B2ClN2O3S. The van der Waals surface area contributed by atoms with E-state index >= 15 is 0 Å². The fourth-order valence-corrected chi connectivity index (χ4v) is 2.25. The van der Waals surface area contributed by atoms with Crippen LogP contribution in [0.3, 0.4) is 0 Å². The molecule has 4 radical (unpaired) electrons. The summed E-state index contributed by atoms with van der Waals surface area (Å²) in [5, 5.41) is 7.57. The summed E-state index contributed by atoms with van der Waals surface area (Å²) in [4.78, 5) is 13.7. The Balaban J connectivity index is 2.28. The Morgan fingerprint density at radius 1 is 1.61 bits per heavy atom.